The number of hydrogen-bond acceptors (Lipinski definition) is 2. The third-order valence-corrected chi connectivity index (χ3v) is 3.68. The summed E-state index contributed by atoms with van der Waals surface area (Å²) in [6, 6.07) is 19.6. The van der Waals surface area contributed by atoms with Crippen molar-refractivity contribution in [3.8, 4) is 16.9 Å². The molecule has 0 unspecified atom stereocenters. The number of benzene rings is 2. The zero-order valence-corrected chi connectivity index (χ0v) is 13.6. The van der Waals surface area contributed by atoms with E-state index in [0.717, 1.165) is 22.6 Å². The molecule has 0 spiro atoms. The van der Waals surface area contributed by atoms with Gasteiger partial charge in [-0.25, -0.2) is 4.68 Å². The molecule has 4 heteroatoms. The van der Waals surface area contributed by atoms with Gasteiger partial charge in [-0.05, 0) is 37.3 Å². The fraction of sp³-hybridized carbons (Fsp3) is 0.100. The lowest BCUT2D eigenvalue weighted by Crippen LogP contribution is -2.23. The van der Waals surface area contributed by atoms with Crippen LogP contribution >= 0.6 is 0 Å². The van der Waals surface area contributed by atoms with Crippen LogP contribution in [0.3, 0.4) is 0 Å². The Labute approximate surface area is 141 Å². The lowest BCUT2D eigenvalue weighted by Gasteiger charge is -2.09. The van der Waals surface area contributed by atoms with Gasteiger partial charge in [0.25, 0.3) is 5.91 Å². The minimum Gasteiger partial charge on any atom is -0.349 e. The minimum atomic E-state index is -0.110. The van der Waals surface area contributed by atoms with Gasteiger partial charge in [0.05, 0.1) is 17.1 Å². The molecule has 0 atom stereocenters. The van der Waals surface area contributed by atoms with Crippen LogP contribution in [-0.2, 0) is 0 Å². The molecular formula is C20H19N3O. The smallest absolute Gasteiger partial charge is 0.251 e. The van der Waals surface area contributed by atoms with Crippen LogP contribution in [0.5, 0.6) is 0 Å². The largest absolute Gasteiger partial charge is 0.349 e. The van der Waals surface area contributed by atoms with Crippen LogP contribution < -0.4 is 5.32 Å². The lowest BCUT2D eigenvalue weighted by molar-refractivity contribution is 0.0958. The number of nitrogens with one attached hydrogen (secondary N) is 1. The average Bonchev–Trinajstić information content (AvgIpc) is 3.02. The summed E-state index contributed by atoms with van der Waals surface area (Å²) < 4.78 is 1.90. The van der Waals surface area contributed by atoms with Gasteiger partial charge in [0.2, 0.25) is 0 Å². The number of nitrogens with zero attached hydrogens (tertiary/aromatic N) is 2. The Morgan fingerprint density at radius 3 is 2.54 bits per heavy atom. The highest BCUT2D eigenvalue weighted by Gasteiger charge is 2.10. The predicted molar refractivity (Wildman–Crippen MR) is 96.3 cm³/mol. The standard InChI is InChI=1S/C20H19N3O/c1-3-13-21-20(24)17-9-11-18(12-10-17)23-19(14-15(2)22-23)16-7-5-4-6-8-16/h3-12,14H,1,13H2,2H3,(H,21,24). The van der Waals surface area contributed by atoms with E-state index in [0.29, 0.717) is 12.1 Å². The third-order valence-electron chi connectivity index (χ3n) is 3.68. The number of carbonyl (C=O) groups excluding carboxylic acids is 1. The number of rotatable bonds is 5. The number of amides is 1. The van der Waals surface area contributed by atoms with E-state index in [4.69, 9.17) is 0 Å². The van der Waals surface area contributed by atoms with E-state index in [1.807, 2.05) is 41.9 Å². The Bertz CT molecular complexity index is 848. The van der Waals surface area contributed by atoms with Gasteiger partial charge in [0.1, 0.15) is 0 Å². The van der Waals surface area contributed by atoms with E-state index in [1.54, 1.807) is 18.2 Å². The van der Waals surface area contributed by atoms with Gasteiger partial charge >= 0.3 is 0 Å². The summed E-state index contributed by atoms with van der Waals surface area (Å²) in [5.74, 6) is -0.110. The van der Waals surface area contributed by atoms with Gasteiger partial charge in [-0.1, -0.05) is 36.4 Å². The molecule has 1 heterocycles. The molecule has 2 aromatic carbocycles. The van der Waals surface area contributed by atoms with E-state index in [1.165, 1.54) is 0 Å². The van der Waals surface area contributed by atoms with Gasteiger partial charge in [-0.15, -0.1) is 6.58 Å². The van der Waals surface area contributed by atoms with Crippen LogP contribution in [0.15, 0.2) is 73.3 Å². The average molecular weight is 317 g/mol. The number of carbonyl (C=O) groups is 1. The first-order chi connectivity index (χ1) is 11.7. The topological polar surface area (TPSA) is 46.9 Å². The SMILES string of the molecule is C=CCNC(=O)c1ccc(-n2nc(C)cc2-c2ccccc2)cc1. The molecule has 120 valence electrons. The molecule has 4 nitrogen and oxygen atoms in total. The Balaban J connectivity index is 1.93. The molecule has 0 bridgehead atoms. The second-order valence-electron chi connectivity index (χ2n) is 5.49. The highest BCUT2D eigenvalue weighted by Crippen LogP contribution is 2.23. The van der Waals surface area contributed by atoms with E-state index in [9.17, 15) is 4.79 Å². The van der Waals surface area contributed by atoms with Crippen molar-refractivity contribution in [2.24, 2.45) is 0 Å². The zero-order chi connectivity index (χ0) is 16.9. The summed E-state index contributed by atoms with van der Waals surface area (Å²) in [6.45, 7) is 6.02. The first-order valence-electron chi connectivity index (χ1n) is 7.80. The summed E-state index contributed by atoms with van der Waals surface area (Å²) >= 11 is 0. The van der Waals surface area contributed by atoms with Gasteiger partial charge in [0.15, 0.2) is 0 Å². The molecule has 0 aliphatic carbocycles. The fourth-order valence-corrected chi connectivity index (χ4v) is 2.53. The quantitative estimate of drug-likeness (QED) is 0.728. The molecule has 1 N–H and O–H groups in total. The number of hydrogen-bond donors (Lipinski definition) is 1. The molecule has 0 aliphatic rings. The molecule has 3 aromatic rings. The van der Waals surface area contributed by atoms with E-state index in [2.05, 4.69) is 35.2 Å². The monoisotopic (exact) mass is 317 g/mol. The first-order valence-corrected chi connectivity index (χ1v) is 7.80. The van der Waals surface area contributed by atoms with Crippen molar-refractivity contribution < 1.29 is 4.79 Å². The Hall–Kier alpha value is -3.14. The van der Waals surface area contributed by atoms with Crippen molar-refractivity contribution >= 4 is 5.91 Å². The molecular weight excluding hydrogens is 298 g/mol. The number of aryl methyl sites for hydroxylation is 1. The van der Waals surface area contributed by atoms with Crippen molar-refractivity contribution in [3.05, 3.63) is 84.6 Å². The van der Waals surface area contributed by atoms with Gasteiger partial charge in [0, 0.05) is 17.7 Å². The predicted octanol–water partition coefficient (Wildman–Crippen LogP) is 3.76. The Morgan fingerprint density at radius 1 is 1.17 bits per heavy atom. The van der Waals surface area contributed by atoms with Gasteiger partial charge in [-0.3, -0.25) is 4.79 Å². The molecule has 1 amide bonds. The third kappa shape index (κ3) is 3.27. The molecule has 24 heavy (non-hydrogen) atoms. The highest BCUT2D eigenvalue weighted by molar-refractivity contribution is 5.94. The van der Waals surface area contributed by atoms with E-state index in [-0.39, 0.29) is 5.91 Å². The summed E-state index contributed by atoms with van der Waals surface area (Å²) in [4.78, 5) is 12.0. The van der Waals surface area contributed by atoms with Crippen LogP contribution in [0.2, 0.25) is 0 Å². The van der Waals surface area contributed by atoms with Crippen LogP contribution in [0.1, 0.15) is 16.1 Å². The summed E-state index contributed by atoms with van der Waals surface area (Å²) in [5, 5.41) is 7.35. The molecule has 0 saturated carbocycles. The lowest BCUT2D eigenvalue weighted by atomic mass is 10.1. The maximum Gasteiger partial charge on any atom is 0.251 e. The summed E-state index contributed by atoms with van der Waals surface area (Å²) in [6.07, 6.45) is 1.66. The molecule has 0 saturated heterocycles. The van der Waals surface area contributed by atoms with Crippen LogP contribution in [-0.4, -0.2) is 22.2 Å². The van der Waals surface area contributed by atoms with Crippen molar-refractivity contribution in [2.75, 3.05) is 6.54 Å². The second kappa shape index (κ2) is 6.96. The summed E-state index contributed by atoms with van der Waals surface area (Å²) in [7, 11) is 0. The van der Waals surface area contributed by atoms with Crippen LogP contribution in [0, 0.1) is 6.92 Å². The van der Waals surface area contributed by atoms with E-state index < -0.39 is 0 Å². The minimum absolute atomic E-state index is 0.110. The Morgan fingerprint density at radius 2 is 1.88 bits per heavy atom. The Kier molecular flexibility index (Phi) is 4.57. The van der Waals surface area contributed by atoms with Crippen molar-refractivity contribution in [3.63, 3.8) is 0 Å². The fourth-order valence-electron chi connectivity index (χ4n) is 2.53. The zero-order valence-electron chi connectivity index (χ0n) is 13.6. The van der Waals surface area contributed by atoms with Gasteiger partial charge < -0.3 is 5.32 Å². The maximum absolute atomic E-state index is 12.0. The number of aromatic nitrogens is 2. The van der Waals surface area contributed by atoms with Crippen molar-refractivity contribution in [1.29, 1.82) is 0 Å². The molecule has 0 radical (unpaired) electrons. The van der Waals surface area contributed by atoms with Crippen molar-refractivity contribution in [1.82, 2.24) is 15.1 Å². The molecule has 3 rings (SSSR count). The molecule has 1 aromatic heterocycles. The van der Waals surface area contributed by atoms with Crippen molar-refractivity contribution in [2.45, 2.75) is 6.92 Å². The van der Waals surface area contributed by atoms with Crippen LogP contribution in [0.25, 0.3) is 16.9 Å². The normalized spacial score (nSPS) is 10.4. The van der Waals surface area contributed by atoms with Crippen LogP contribution in [0.4, 0.5) is 0 Å². The van der Waals surface area contributed by atoms with E-state index >= 15 is 0 Å². The second-order valence-corrected chi connectivity index (χ2v) is 5.49. The maximum atomic E-state index is 12.0. The molecule has 0 aliphatic heterocycles. The summed E-state index contributed by atoms with van der Waals surface area (Å²) in [5.41, 5.74) is 4.61. The highest BCUT2D eigenvalue weighted by atomic mass is 16.1. The first kappa shape index (κ1) is 15.7. The molecule has 0 fully saturated rings. The van der Waals surface area contributed by atoms with Gasteiger partial charge in [-0.2, -0.15) is 5.10 Å².